The molecule has 2 heterocycles. The molecule has 5 aromatic rings. The molecule has 0 spiro atoms. The first kappa shape index (κ1) is 35.0. The van der Waals surface area contributed by atoms with Crippen molar-refractivity contribution in [3.63, 3.8) is 0 Å². The van der Waals surface area contributed by atoms with Crippen molar-refractivity contribution < 1.29 is 33.4 Å². The molecule has 5 N–H and O–H groups in total. The highest BCUT2D eigenvalue weighted by atomic mass is 32.1. The van der Waals surface area contributed by atoms with Crippen molar-refractivity contribution in [2.24, 2.45) is 0 Å². The van der Waals surface area contributed by atoms with Crippen LogP contribution in [-0.2, 0) is 31.0 Å². The Hall–Kier alpha value is -6.33. The molecule has 256 valence electrons. The van der Waals surface area contributed by atoms with Gasteiger partial charge in [0.05, 0.1) is 32.7 Å². The molecule has 50 heavy (non-hydrogen) atoms. The van der Waals surface area contributed by atoms with Gasteiger partial charge in [-0.1, -0.05) is 29.1 Å². The lowest BCUT2D eigenvalue weighted by Gasteiger charge is -2.30. The van der Waals surface area contributed by atoms with E-state index in [9.17, 15) is 19.5 Å². The van der Waals surface area contributed by atoms with Crippen LogP contribution < -0.4 is 25.8 Å². The maximum absolute atomic E-state index is 14.4. The van der Waals surface area contributed by atoms with Gasteiger partial charge >= 0.3 is 0 Å². The molecule has 1 atom stereocenters. The van der Waals surface area contributed by atoms with Crippen LogP contribution in [0.3, 0.4) is 0 Å². The normalized spacial score (nSPS) is 11.2. The van der Waals surface area contributed by atoms with Gasteiger partial charge in [0.1, 0.15) is 33.9 Å². The highest BCUT2D eigenvalue weighted by Gasteiger charge is 2.35. The summed E-state index contributed by atoms with van der Waals surface area (Å²) >= 11 is 0.740. The van der Waals surface area contributed by atoms with Crippen molar-refractivity contribution in [2.75, 3.05) is 20.0 Å². The van der Waals surface area contributed by atoms with Crippen molar-refractivity contribution in [2.45, 2.75) is 32.2 Å². The second-order valence-corrected chi connectivity index (χ2v) is 11.8. The van der Waals surface area contributed by atoms with Crippen LogP contribution in [0.4, 0.5) is 5.69 Å². The van der Waals surface area contributed by atoms with Gasteiger partial charge in [0.25, 0.3) is 24.9 Å². The predicted molar refractivity (Wildman–Crippen MR) is 187 cm³/mol. The number of hydrogen-bond donors (Lipinski definition) is 4. The minimum Gasteiger partial charge on any atom is -0.508 e. The third-order valence-corrected chi connectivity index (χ3v) is 8.61. The summed E-state index contributed by atoms with van der Waals surface area (Å²) in [4.78, 5) is 46.6. The van der Waals surface area contributed by atoms with Crippen LogP contribution in [0.2, 0.25) is 0 Å². The van der Waals surface area contributed by atoms with Gasteiger partial charge in [-0.3, -0.25) is 14.4 Å². The Balaban J connectivity index is 1.43. The Morgan fingerprint density at radius 3 is 2.40 bits per heavy atom. The van der Waals surface area contributed by atoms with Crippen molar-refractivity contribution in [1.29, 1.82) is 0 Å². The number of amides is 3. The number of carbonyl (C=O) groups is 3. The number of hydrogen-bond acceptors (Lipinski definition) is 10. The third-order valence-electron chi connectivity index (χ3n) is 7.76. The number of nitrogens with one attached hydrogen (secondary N) is 2. The molecule has 1 unspecified atom stereocenters. The van der Waals surface area contributed by atoms with E-state index in [1.807, 2.05) is 24.3 Å². The largest absolute Gasteiger partial charge is 0.508 e. The van der Waals surface area contributed by atoms with Crippen LogP contribution in [0.5, 0.6) is 17.2 Å². The molecule has 0 fully saturated rings. The maximum atomic E-state index is 14.4. The summed E-state index contributed by atoms with van der Waals surface area (Å²) in [5.74, 6) is -0.189. The molecule has 0 bridgehead atoms. The fraction of sp³-hybridized carbons (Fsp3) is 0.194. The van der Waals surface area contributed by atoms with Crippen molar-refractivity contribution >= 4 is 34.9 Å². The molecule has 14 heteroatoms. The molecule has 0 saturated carbocycles. The van der Waals surface area contributed by atoms with Crippen LogP contribution >= 0.6 is 11.5 Å². The molecule has 0 saturated heterocycles. The van der Waals surface area contributed by atoms with Crippen molar-refractivity contribution in [1.82, 2.24) is 19.9 Å². The molecule has 3 aromatic carbocycles. The van der Waals surface area contributed by atoms with Gasteiger partial charge in [-0.25, -0.2) is 0 Å². The Labute approximate surface area is 292 Å². The van der Waals surface area contributed by atoms with Crippen molar-refractivity contribution in [3.8, 4) is 23.8 Å². The summed E-state index contributed by atoms with van der Waals surface area (Å²) in [6, 6.07) is 20.6. The summed E-state index contributed by atoms with van der Waals surface area (Å²) in [6.45, 7) is 5.72. The number of benzene rings is 3. The van der Waals surface area contributed by atoms with Crippen molar-refractivity contribution in [3.05, 3.63) is 129 Å². The third kappa shape index (κ3) is 8.20. The fourth-order valence-electron chi connectivity index (χ4n) is 5.19. The van der Waals surface area contributed by atoms with E-state index in [0.29, 0.717) is 28.4 Å². The minimum absolute atomic E-state index is 0.0175. The average Bonchev–Trinajstić information content (AvgIpc) is 3.80. The summed E-state index contributed by atoms with van der Waals surface area (Å²) in [7, 11) is 3.08. The van der Waals surface area contributed by atoms with E-state index < -0.39 is 23.8 Å². The zero-order valence-electron chi connectivity index (χ0n) is 27.3. The van der Waals surface area contributed by atoms with E-state index in [2.05, 4.69) is 19.9 Å². The predicted octanol–water partition coefficient (Wildman–Crippen LogP) is 5.13. The van der Waals surface area contributed by atoms with Gasteiger partial charge in [-0.15, -0.1) is 0 Å². The number of methoxy groups -OCH3 is 2. The number of ether oxygens (including phenoxy) is 2. The first-order valence-corrected chi connectivity index (χ1v) is 16.1. The lowest BCUT2D eigenvalue weighted by atomic mass is 10.0. The second-order valence-electron chi connectivity index (χ2n) is 11.0. The number of nitrogens with two attached hydrogens (primary N) is 1. The highest BCUT2D eigenvalue weighted by molar-refractivity contribution is 7.09. The number of rotatable bonds is 14. The first-order valence-electron chi connectivity index (χ1n) is 15.3. The number of phenolic OH excluding ortho intramolecular Hbond substituents is 1. The highest BCUT2D eigenvalue weighted by Crippen LogP contribution is 2.31. The van der Waals surface area contributed by atoms with Crippen LogP contribution in [-0.4, -0.2) is 46.3 Å². The molecule has 3 amide bonds. The first-order chi connectivity index (χ1) is 24.2. The summed E-state index contributed by atoms with van der Waals surface area (Å²) in [6.07, 6.45) is 1.45. The number of nitrogens with zero attached hydrogens (tertiary/aromatic N) is 3. The van der Waals surface area contributed by atoms with Crippen LogP contribution in [0, 0.1) is 6.57 Å². The summed E-state index contributed by atoms with van der Waals surface area (Å²) in [5.41, 5.74) is 8.84. The Bertz CT molecular complexity index is 1990. The minimum atomic E-state index is -1.20. The smallest absolute Gasteiger partial charge is 0.288 e. The molecule has 0 aliphatic carbocycles. The molecule has 2 aromatic heterocycles. The van der Waals surface area contributed by atoms with Crippen LogP contribution in [0.1, 0.15) is 54.2 Å². The maximum Gasteiger partial charge on any atom is 0.288 e. The SMILES string of the molecule is C#[N+]Cc1ccc(OC)c(CNC(=O)c2nsc(C(=O)N(Cc3ccco3)C(C(=O)NCc3ccc(OC)cc3)c3ccc(O)cc3)c2N)c1. The van der Waals surface area contributed by atoms with E-state index in [0.717, 1.165) is 22.7 Å². The molecule has 0 aliphatic rings. The number of anilines is 1. The molecule has 5 rings (SSSR count). The van der Waals surface area contributed by atoms with Gasteiger partial charge in [0.15, 0.2) is 5.69 Å². The van der Waals surface area contributed by atoms with Gasteiger partial charge < -0.3 is 40.3 Å². The number of nitrogen functional groups attached to an aromatic ring is 1. The molecule has 0 aliphatic heterocycles. The van der Waals surface area contributed by atoms with Gasteiger partial charge in [0, 0.05) is 24.2 Å². The number of phenols is 1. The molecule has 0 radical (unpaired) electrons. The van der Waals surface area contributed by atoms with Crippen LogP contribution in [0.15, 0.2) is 89.5 Å². The quantitative estimate of drug-likeness (QED) is 0.123. The zero-order valence-corrected chi connectivity index (χ0v) is 28.1. The number of carbonyl (C=O) groups excluding carboxylic acids is 3. The van der Waals surface area contributed by atoms with E-state index in [4.69, 9.17) is 26.2 Å². The lowest BCUT2D eigenvalue weighted by molar-refractivity contribution is -0.126. The molecular formula is C36H35N6O7S+. The van der Waals surface area contributed by atoms with E-state index in [-0.39, 0.29) is 48.2 Å². The lowest BCUT2D eigenvalue weighted by Crippen LogP contribution is -2.43. The number of furan rings is 1. The summed E-state index contributed by atoms with van der Waals surface area (Å²) in [5, 5.41) is 15.7. The van der Waals surface area contributed by atoms with Gasteiger partial charge in [-0.05, 0) is 77.3 Å². The monoisotopic (exact) mass is 695 g/mol. The van der Waals surface area contributed by atoms with Gasteiger partial charge in [0.2, 0.25) is 5.91 Å². The van der Waals surface area contributed by atoms with Gasteiger partial charge in [-0.2, -0.15) is 4.37 Å². The zero-order chi connectivity index (χ0) is 35.6. The standard InChI is InChI=1S/C36H34N6O7S/c1-38-18-23-8-15-29(48-3)25(17-23)20-40-34(44)31-30(37)33(50-41-31)36(46)42(21-28-5-4-16-49-28)32(24-9-11-26(43)12-10-24)35(45)39-19-22-6-13-27(47-2)14-7-22/h1,4-17,32H,18-21H2,2-3H3,(H4-,37,39,40,43,44,45,46)/p+1. The van der Waals surface area contributed by atoms with Crippen LogP contribution in [0.25, 0.3) is 4.85 Å². The second kappa shape index (κ2) is 16.2. The van der Waals surface area contributed by atoms with E-state index >= 15 is 0 Å². The molecule has 13 nitrogen and oxygen atoms in total. The fourth-order valence-corrected chi connectivity index (χ4v) is 5.94. The Morgan fingerprint density at radius 1 is 1.00 bits per heavy atom. The number of aromatic nitrogens is 1. The topological polar surface area (TPSA) is 174 Å². The molecular weight excluding hydrogens is 660 g/mol. The Kier molecular flexibility index (Phi) is 11.3. The average molecular weight is 696 g/mol. The van der Waals surface area contributed by atoms with E-state index in [1.165, 1.54) is 30.4 Å². The summed E-state index contributed by atoms with van der Waals surface area (Å²) < 4.78 is 20.4. The number of aromatic hydroxyl groups is 1. The Morgan fingerprint density at radius 2 is 1.74 bits per heavy atom. The van der Waals surface area contributed by atoms with E-state index in [1.54, 1.807) is 49.6 Å².